The Balaban J connectivity index is 1.69. The van der Waals surface area contributed by atoms with E-state index < -0.39 is 5.60 Å². The van der Waals surface area contributed by atoms with Crippen LogP contribution in [0.1, 0.15) is 46.5 Å². The quantitative estimate of drug-likeness (QED) is 0.694. The molecule has 2 aliphatic rings. The number of amides is 2. The van der Waals surface area contributed by atoms with Crippen molar-refractivity contribution in [1.82, 2.24) is 9.80 Å². The van der Waals surface area contributed by atoms with Crippen molar-refractivity contribution in [1.29, 1.82) is 0 Å². The Hall–Kier alpha value is -0.780. The Morgan fingerprint density at radius 2 is 1.91 bits per heavy atom. The maximum absolute atomic E-state index is 12.0. The van der Waals surface area contributed by atoms with Gasteiger partial charge >= 0.3 is 6.09 Å². The summed E-state index contributed by atoms with van der Waals surface area (Å²) in [6.07, 6.45) is 3.53. The van der Waals surface area contributed by atoms with Gasteiger partial charge in [-0.05, 0) is 51.9 Å². The standard InChI is InChI=1S/C17H29BrN2O3/c1-17(2,3)23-16(22)19-7-4-13(5-8-19)6-9-20-12-14(11-18)10-15(20)21/h13-14H,4-12H2,1-3H3. The number of rotatable bonds is 4. The van der Waals surface area contributed by atoms with Crippen LogP contribution < -0.4 is 0 Å². The summed E-state index contributed by atoms with van der Waals surface area (Å²) in [6.45, 7) is 8.95. The van der Waals surface area contributed by atoms with Crippen molar-refractivity contribution in [3.8, 4) is 0 Å². The van der Waals surface area contributed by atoms with Crippen LogP contribution in [0.3, 0.4) is 0 Å². The molecule has 1 unspecified atom stereocenters. The number of alkyl halides is 1. The van der Waals surface area contributed by atoms with Crippen LogP contribution in [0, 0.1) is 11.8 Å². The van der Waals surface area contributed by atoms with Gasteiger partial charge in [-0.1, -0.05) is 15.9 Å². The fourth-order valence-electron chi connectivity index (χ4n) is 3.24. The molecule has 132 valence electrons. The smallest absolute Gasteiger partial charge is 0.410 e. The molecule has 0 radical (unpaired) electrons. The van der Waals surface area contributed by atoms with Gasteiger partial charge in [0.05, 0.1) is 0 Å². The molecule has 5 nitrogen and oxygen atoms in total. The van der Waals surface area contributed by atoms with Gasteiger partial charge < -0.3 is 14.5 Å². The number of hydrogen-bond acceptors (Lipinski definition) is 3. The van der Waals surface area contributed by atoms with Gasteiger partial charge in [-0.15, -0.1) is 0 Å². The van der Waals surface area contributed by atoms with Gasteiger partial charge in [0.1, 0.15) is 5.60 Å². The first kappa shape index (κ1) is 18.6. The van der Waals surface area contributed by atoms with Gasteiger partial charge in [0.2, 0.25) is 5.91 Å². The van der Waals surface area contributed by atoms with E-state index in [4.69, 9.17) is 4.74 Å². The van der Waals surface area contributed by atoms with Crippen LogP contribution in [0.4, 0.5) is 4.79 Å². The molecule has 0 spiro atoms. The molecule has 1 atom stereocenters. The molecule has 2 saturated heterocycles. The summed E-state index contributed by atoms with van der Waals surface area (Å²) in [6, 6.07) is 0. The fraction of sp³-hybridized carbons (Fsp3) is 0.882. The summed E-state index contributed by atoms with van der Waals surface area (Å²) in [5.41, 5.74) is -0.435. The van der Waals surface area contributed by atoms with Crippen LogP contribution in [0.25, 0.3) is 0 Å². The zero-order chi connectivity index (χ0) is 17.0. The van der Waals surface area contributed by atoms with Crippen molar-refractivity contribution in [3.63, 3.8) is 0 Å². The summed E-state index contributed by atoms with van der Waals surface area (Å²) in [5.74, 6) is 1.36. The number of carbonyl (C=O) groups excluding carboxylic acids is 2. The number of halogens is 1. The Bertz CT molecular complexity index is 428. The number of ether oxygens (including phenoxy) is 1. The molecule has 0 aromatic carbocycles. The molecular weight excluding hydrogens is 360 g/mol. The Labute approximate surface area is 147 Å². The molecule has 0 aromatic heterocycles. The maximum atomic E-state index is 12.0. The highest BCUT2D eigenvalue weighted by molar-refractivity contribution is 9.09. The molecule has 2 heterocycles. The Morgan fingerprint density at radius 3 is 2.43 bits per heavy atom. The number of nitrogens with zero attached hydrogens (tertiary/aromatic N) is 2. The Kier molecular flexibility index (Phi) is 6.34. The molecule has 0 aliphatic carbocycles. The lowest BCUT2D eigenvalue weighted by Gasteiger charge is -2.34. The number of piperidine rings is 1. The molecule has 0 saturated carbocycles. The second-order valence-electron chi connectivity index (χ2n) is 7.76. The van der Waals surface area contributed by atoms with Gasteiger partial charge in [0, 0.05) is 37.9 Å². The van der Waals surface area contributed by atoms with Crippen LogP contribution in [0.15, 0.2) is 0 Å². The summed E-state index contributed by atoms with van der Waals surface area (Å²) in [5, 5.41) is 0.906. The van der Waals surface area contributed by atoms with E-state index >= 15 is 0 Å². The van der Waals surface area contributed by atoms with Gasteiger partial charge in [0.15, 0.2) is 0 Å². The first-order valence-corrected chi connectivity index (χ1v) is 9.72. The van der Waals surface area contributed by atoms with Crippen molar-refractivity contribution in [2.24, 2.45) is 11.8 Å². The first-order valence-electron chi connectivity index (χ1n) is 8.60. The summed E-state index contributed by atoms with van der Waals surface area (Å²) >= 11 is 3.47. The lowest BCUT2D eigenvalue weighted by Crippen LogP contribution is -2.42. The highest BCUT2D eigenvalue weighted by atomic mass is 79.9. The second-order valence-corrected chi connectivity index (χ2v) is 8.41. The third-order valence-electron chi connectivity index (χ3n) is 4.59. The molecule has 0 bridgehead atoms. The summed E-state index contributed by atoms with van der Waals surface area (Å²) in [7, 11) is 0. The van der Waals surface area contributed by atoms with Gasteiger partial charge in [-0.2, -0.15) is 0 Å². The third-order valence-corrected chi connectivity index (χ3v) is 5.50. The van der Waals surface area contributed by atoms with Crippen LogP contribution in [-0.2, 0) is 9.53 Å². The summed E-state index contributed by atoms with van der Waals surface area (Å²) in [4.78, 5) is 27.8. The van der Waals surface area contributed by atoms with Gasteiger partial charge in [-0.25, -0.2) is 4.79 Å². The average molecular weight is 389 g/mol. The first-order chi connectivity index (χ1) is 10.8. The molecule has 2 fully saturated rings. The normalized spacial score (nSPS) is 23.5. The molecular formula is C17H29BrN2O3. The number of carbonyl (C=O) groups is 2. The zero-order valence-electron chi connectivity index (χ0n) is 14.5. The maximum Gasteiger partial charge on any atom is 0.410 e. The molecule has 6 heteroatoms. The number of likely N-dealkylation sites (tertiary alicyclic amines) is 2. The van der Waals surface area contributed by atoms with Gasteiger partial charge in [0.25, 0.3) is 0 Å². The van der Waals surface area contributed by atoms with Crippen molar-refractivity contribution < 1.29 is 14.3 Å². The van der Waals surface area contributed by atoms with Crippen LogP contribution in [0.2, 0.25) is 0 Å². The van der Waals surface area contributed by atoms with E-state index in [9.17, 15) is 9.59 Å². The van der Waals surface area contributed by atoms with E-state index in [-0.39, 0.29) is 6.09 Å². The van der Waals surface area contributed by atoms with Crippen molar-refractivity contribution in [2.45, 2.75) is 52.1 Å². The highest BCUT2D eigenvalue weighted by Gasteiger charge is 2.30. The predicted octanol–water partition coefficient (Wildman–Crippen LogP) is 3.27. The number of hydrogen-bond donors (Lipinski definition) is 0. The van der Waals surface area contributed by atoms with Crippen LogP contribution >= 0.6 is 15.9 Å². The average Bonchev–Trinajstić information content (AvgIpc) is 2.84. The minimum atomic E-state index is -0.435. The van der Waals surface area contributed by atoms with E-state index in [0.717, 1.165) is 50.8 Å². The van der Waals surface area contributed by atoms with Crippen LogP contribution in [0.5, 0.6) is 0 Å². The third kappa shape index (κ3) is 5.66. The second kappa shape index (κ2) is 7.86. The molecule has 2 amide bonds. The molecule has 2 aliphatic heterocycles. The van der Waals surface area contributed by atoms with Gasteiger partial charge in [-0.3, -0.25) is 4.79 Å². The predicted molar refractivity (Wildman–Crippen MR) is 93.6 cm³/mol. The van der Waals surface area contributed by atoms with E-state index in [1.807, 2.05) is 30.6 Å². The minimum absolute atomic E-state index is 0.203. The Morgan fingerprint density at radius 1 is 1.26 bits per heavy atom. The van der Waals surface area contributed by atoms with Crippen LogP contribution in [-0.4, -0.2) is 58.9 Å². The molecule has 2 rings (SSSR count). The van der Waals surface area contributed by atoms with E-state index in [0.29, 0.717) is 24.2 Å². The van der Waals surface area contributed by atoms with Crippen molar-refractivity contribution in [2.75, 3.05) is 31.5 Å². The van der Waals surface area contributed by atoms with E-state index in [1.54, 1.807) is 0 Å². The lowest BCUT2D eigenvalue weighted by molar-refractivity contribution is -0.127. The highest BCUT2D eigenvalue weighted by Crippen LogP contribution is 2.25. The SMILES string of the molecule is CC(C)(C)OC(=O)N1CCC(CCN2CC(CBr)CC2=O)CC1. The zero-order valence-corrected chi connectivity index (χ0v) is 16.1. The summed E-state index contributed by atoms with van der Waals surface area (Å²) < 4.78 is 5.42. The van der Waals surface area contributed by atoms with E-state index in [2.05, 4.69) is 15.9 Å². The monoisotopic (exact) mass is 388 g/mol. The van der Waals surface area contributed by atoms with Crippen molar-refractivity contribution >= 4 is 27.9 Å². The van der Waals surface area contributed by atoms with E-state index in [1.165, 1.54) is 0 Å². The molecule has 0 N–H and O–H groups in total. The molecule has 0 aromatic rings. The topological polar surface area (TPSA) is 49.9 Å². The minimum Gasteiger partial charge on any atom is -0.444 e. The largest absolute Gasteiger partial charge is 0.444 e. The molecule has 23 heavy (non-hydrogen) atoms. The van der Waals surface area contributed by atoms with Crippen molar-refractivity contribution in [3.05, 3.63) is 0 Å². The fourth-order valence-corrected chi connectivity index (χ4v) is 3.68. The lowest BCUT2D eigenvalue weighted by atomic mass is 9.93.